The Kier molecular flexibility index (Phi) is 3.76. The molecule has 1 aliphatic heterocycles. The Hall–Kier alpha value is -0.860. The van der Waals surface area contributed by atoms with Crippen molar-refractivity contribution in [1.82, 2.24) is 5.32 Å². The second-order valence-corrected chi connectivity index (χ2v) is 7.20. The monoisotopic (exact) mass is 285 g/mol. The zero-order valence-electron chi connectivity index (χ0n) is 13.1. The highest BCUT2D eigenvalue weighted by molar-refractivity contribution is 5.31. The Labute approximate surface area is 128 Å². The van der Waals surface area contributed by atoms with E-state index in [0.29, 0.717) is 12.1 Å². The highest BCUT2D eigenvalue weighted by Crippen LogP contribution is 2.55. The summed E-state index contributed by atoms with van der Waals surface area (Å²) in [5.74, 6) is 3.01. The Morgan fingerprint density at radius 2 is 2.00 bits per heavy atom. The number of nitrogens with one attached hydrogen (secondary N) is 1. The number of fused-ring (bicyclic) bond motifs is 2. The van der Waals surface area contributed by atoms with Gasteiger partial charge in [-0.05, 0) is 67.5 Å². The van der Waals surface area contributed by atoms with Gasteiger partial charge in [0.25, 0.3) is 0 Å². The summed E-state index contributed by atoms with van der Waals surface area (Å²) in [6, 6.07) is 9.51. The molecular weight excluding hydrogens is 258 g/mol. The van der Waals surface area contributed by atoms with E-state index in [4.69, 9.17) is 4.74 Å². The van der Waals surface area contributed by atoms with Gasteiger partial charge in [0.05, 0.1) is 12.7 Å². The largest absolute Gasteiger partial charge is 0.373 e. The van der Waals surface area contributed by atoms with Crippen molar-refractivity contribution in [3.05, 3.63) is 35.4 Å². The molecule has 0 bridgehead atoms. The van der Waals surface area contributed by atoms with E-state index < -0.39 is 0 Å². The second-order valence-electron chi connectivity index (χ2n) is 7.20. The SMILES string of the molecule is CCNC(CC1OCCc2ccccc21)C1CC2CC2C1. The van der Waals surface area contributed by atoms with Crippen molar-refractivity contribution in [3.8, 4) is 0 Å². The van der Waals surface area contributed by atoms with Crippen molar-refractivity contribution in [2.24, 2.45) is 17.8 Å². The lowest BCUT2D eigenvalue weighted by molar-refractivity contribution is 0.0242. The molecule has 0 radical (unpaired) electrons. The summed E-state index contributed by atoms with van der Waals surface area (Å²) >= 11 is 0. The molecule has 3 aliphatic rings. The predicted molar refractivity (Wildman–Crippen MR) is 85.2 cm³/mol. The number of hydrogen-bond donors (Lipinski definition) is 1. The molecule has 2 aliphatic carbocycles. The molecule has 0 saturated heterocycles. The summed E-state index contributed by atoms with van der Waals surface area (Å²) in [5.41, 5.74) is 2.94. The number of ether oxygens (including phenoxy) is 1. The van der Waals surface area contributed by atoms with Gasteiger partial charge in [0.1, 0.15) is 0 Å². The van der Waals surface area contributed by atoms with Gasteiger partial charge in [0.2, 0.25) is 0 Å². The zero-order chi connectivity index (χ0) is 14.2. The van der Waals surface area contributed by atoms with Gasteiger partial charge >= 0.3 is 0 Å². The Morgan fingerprint density at radius 3 is 2.81 bits per heavy atom. The molecule has 2 saturated carbocycles. The highest BCUT2D eigenvalue weighted by atomic mass is 16.5. The van der Waals surface area contributed by atoms with Gasteiger partial charge in [0.15, 0.2) is 0 Å². The molecule has 2 heteroatoms. The van der Waals surface area contributed by atoms with Crippen LogP contribution in [0.1, 0.15) is 49.8 Å². The third kappa shape index (κ3) is 2.76. The molecule has 4 atom stereocenters. The lowest BCUT2D eigenvalue weighted by Crippen LogP contribution is -2.38. The maximum Gasteiger partial charge on any atom is 0.0842 e. The van der Waals surface area contributed by atoms with Crippen LogP contribution in [0.25, 0.3) is 0 Å². The number of hydrogen-bond acceptors (Lipinski definition) is 2. The maximum absolute atomic E-state index is 6.14. The summed E-state index contributed by atoms with van der Waals surface area (Å²) in [6.45, 7) is 4.19. The topological polar surface area (TPSA) is 21.3 Å². The van der Waals surface area contributed by atoms with Gasteiger partial charge in [0, 0.05) is 6.04 Å². The van der Waals surface area contributed by atoms with E-state index in [1.807, 2.05) is 0 Å². The first-order valence-electron chi connectivity index (χ1n) is 8.78. The van der Waals surface area contributed by atoms with Gasteiger partial charge < -0.3 is 10.1 Å². The van der Waals surface area contributed by atoms with Crippen LogP contribution in [0.15, 0.2) is 24.3 Å². The summed E-state index contributed by atoms with van der Waals surface area (Å²) in [5, 5.41) is 3.76. The standard InChI is InChI=1S/C19H27NO/c1-2-20-18(16-10-14-9-15(14)11-16)12-19-17-6-4-3-5-13(17)7-8-21-19/h3-6,14-16,18-20H,2,7-12H2,1H3. The molecular formula is C19H27NO. The lowest BCUT2D eigenvalue weighted by atomic mass is 9.86. The van der Waals surface area contributed by atoms with Gasteiger partial charge in [-0.25, -0.2) is 0 Å². The minimum absolute atomic E-state index is 0.302. The zero-order valence-corrected chi connectivity index (χ0v) is 13.1. The molecule has 2 fully saturated rings. The summed E-state index contributed by atoms with van der Waals surface area (Å²) in [4.78, 5) is 0. The van der Waals surface area contributed by atoms with Gasteiger partial charge in [-0.1, -0.05) is 31.2 Å². The molecule has 0 amide bonds. The first kappa shape index (κ1) is 13.8. The third-order valence-electron chi connectivity index (χ3n) is 5.88. The second kappa shape index (κ2) is 5.73. The van der Waals surface area contributed by atoms with Crippen LogP contribution in [0.4, 0.5) is 0 Å². The lowest BCUT2D eigenvalue weighted by Gasteiger charge is -2.32. The Morgan fingerprint density at radius 1 is 1.19 bits per heavy atom. The number of rotatable bonds is 5. The van der Waals surface area contributed by atoms with Crippen LogP contribution in [0, 0.1) is 17.8 Å². The van der Waals surface area contributed by atoms with Gasteiger partial charge in [-0.2, -0.15) is 0 Å². The van der Waals surface area contributed by atoms with E-state index in [2.05, 4.69) is 36.5 Å². The average molecular weight is 285 g/mol. The molecule has 0 aromatic heterocycles. The molecule has 114 valence electrons. The fourth-order valence-electron chi connectivity index (χ4n) is 4.70. The van der Waals surface area contributed by atoms with Gasteiger partial charge in [-0.15, -0.1) is 0 Å². The molecule has 1 aromatic carbocycles. The van der Waals surface area contributed by atoms with Crippen LogP contribution in [0.3, 0.4) is 0 Å². The fraction of sp³-hybridized carbons (Fsp3) is 0.684. The van der Waals surface area contributed by atoms with Crippen LogP contribution < -0.4 is 5.32 Å². The predicted octanol–water partition coefficient (Wildman–Crippen LogP) is 3.71. The Bertz CT molecular complexity index is 490. The molecule has 4 rings (SSSR count). The molecule has 1 N–H and O–H groups in total. The van der Waals surface area contributed by atoms with Crippen molar-refractivity contribution >= 4 is 0 Å². The fourth-order valence-corrected chi connectivity index (χ4v) is 4.70. The van der Waals surface area contributed by atoms with Crippen LogP contribution in [-0.2, 0) is 11.2 Å². The molecule has 2 nitrogen and oxygen atoms in total. The van der Waals surface area contributed by atoms with Crippen LogP contribution in [0.5, 0.6) is 0 Å². The van der Waals surface area contributed by atoms with Crippen LogP contribution in [-0.4, -0.2) is 19.2 Å². The van der Waals surface area contributed by atoms with Crippen molar-refractivity contribution in [3.63, 3.8) is 0 Å². The molecule has 4 unspecified atom stereocenters. The maximum atomic E-state index is 6.14. The normalized spacial score (nSPS) is 35.1. The van der Waals surface area contributed by atoms with E-state index in [1.165, 1.54) is 30.4 Å². The molecule has 1 aromatic rings. The molecule has 0 spiro atoms. The first-order valence-corrected chi connectivity index (χ1v) is 8.78. The van der Waals surface area contributed by atoms with Crippen molar-refractivity contribution in [1.29, 1.82) is 0 Å². The van der Waals surface area contributed by atoms with E-state index in [-0.39, 0.29) is 0 Å². The van der Waals surface area contributed by atoms with Crippen LogP contribution in [0.2, 0.25) is 0 Å². The smallest absolute Gasteiger partial charge is 0.0842 e. The molecule has 1 heterocycles. The van der Waals surface area contributed by atoms with Crippen molar-refractivity contribution < 1.29 is 4.74 Å². The minimum Gasteiger partial charge on any atom is -0.373 e. The van der Waals surface area contributed by atoms with Gasteiger partial charge in [-0.3, -0.25) is 0 Å². The summed E-state index contributed by atoms with van der Waals surface area (Å²) in [6.07, 6.45) is 6.95. The van der Waals surface area contributed by atoms with E-state index in [1.54, 1.807) is 0 Å². The van der Waals surface area contributed by atoms with E-state index >= 15 is 0 Å². The van der Waals surface area contributed by atoms with Crippen molar-refractivity contribution in [2.75, 3.05) is 13.2 Å². The van der Waals surface area contributed by atoms with E-state index in [9.17, 15) is 0 Å². The third-order valence-corrected chi connectivity index (χ3v) is 5.88. The quantitative estimate of drug-likeness (QED) is 0.890. The minimum atomic E-state index is 0.302. The highest BCUT2D eigenvalue weighted by Gasteiger charge is 2.48. The average Bonchev–Trinajstić information content (AvgIpc) is 3.13. The number of benzene rings is 1. The van der Waals surface area contributed by atoms with Crippen molar-refractivity contribution in [2.45, 2.75) is 51.2 Å². The summed E-state index contributed by atoms with van der Waals surface area (Å²) in [7, 11) is 0. The summed E-state index contributed by atoms with van der Waals surface area (Å²) < 4.78 is 6.14. The van der Waals surface area contributed by atoms with Crippen LogP contribution >= 0.6 is 0 Å². The first-order chi connectivity index (χ1) is 10.3. The molecule has 21 heavy (non-hydrogen) atoms. The Balaban J connectivity index is 1.48. The van der Waals surface area contributed by atoms with E-state index in [0.717, 1.165) is 43.7 Å².